The molecule has 18 heavy (non-hydrogen) atoms. The molecule has 0 saturated heterocycles. The van der Waals surface area contributed by atoms with Crippen LogP contribution in [-0.2, 0) is 7.05 Å². The minimum absolute atomic E-state index is 0.590. The summed E-state index contributed by atoms with van der Waals surface area (Å²) in [6.07, 6.45) is 1.79. The van der Waals surface area contributed by atoms with E-state index in [1.54, 1.807) is 10.9 Å². The van der Waals surface area contributed by atoms with Crippen LogP contribution in [0.2, 0.25) is 0 Å². The van der Waals surface area contributed by atoms with Crippen LogP contribution in [0, 0.1) is 0 Å². The molecular formula is C12H13N3O2S. The zero-order valence-corrected chi connectivity index (χ0v) is 10.7. The van der Waals surface area contributed by atoms with Gasteiger partial charge in [-0.3, -0.25) is 4.68 Å². The third kappa shape index (κ3) is 2.11. The molecule has 2 N–H and O–H groups in total. The lowest BCUT2D eigenvalue weighted by atomic mass is 10.3. The summed E-state index contributed by atoms with van der Waals surface area (Å²) >= 11 is 1.52. The molecule has 0 radical (unpaired) electrons. The van der Waals surface area contributed by atoms with E-state index in [0.29, 0.717) is 18.9 Å². The topological polar surface area (TPSA) is 62.3 Å². The molecule has 0 atom stereocenters. The Bertz CT molecular complexity index is 583. The molecule has 1 aliphatic rings. The van der Waals surface area contributed by atoms with Crippen LogP contribution >= 0.6 is 11.8 Å². The van der Waals surface area contributed by atoms with Crippen molar-refractivity contribution in [2.45, 2.75) is 9.92 Å². The van der Waals surface area contributed by atoms with E-state index in [4.69, 9.17) is 15.2 Å². The van der Waals surface area contributed by atoms with Gasteiger partial charge in [-0.05, 0) is 18.2 Å². The standard InChI is InChI=1S/C12H13N3O2S/c1-15-7-9(13)12(14-15)18-8-2-3-10-11(6-8)17-5-4-16-10/h2-3,6-7H,4-5,13H2,1H3. The Morgan fingerprint density at radius 3 is 2.78 bits per heavy atom. The predicted octanol–water partition coefficient (Wildman–Crippen LogP) is 1.92. The molecule has 0 unspecified atom stereocenters. The van der Waals surface area contributed by atoms with E-state index in [9.17, 15) is 0 Å². The molecule has 6 heteroatoms. The maximum Gasteiger partial charge on any atom is 0.162 e. The van der Waals surface area contributed by atoms with E-state index < -0.39 is 0 Å². The van der Waals surface area contributed by atoms with Crippen LogP contribution in [0.25, 0.3) is 0 Å². The molecule has 94 valence electrons. The van der Waals surface area contributed by atoms with Gasteiger partial charge in [-0.2, -0.15) is 5.10 Å². The lowest BCUT2D eigenvalue weighted by Gasteiger charge is -2.18. The number of benzene rings is 1. The molecule has 5 nitrogen and oxygen atoms in total. The summed E-state index contributed by atoms with van der Waals surface area (Å²) in [5.74, 6) is 1.57. The fraction of sp³-hybridized carbons (Fsp3) is 0.250. The van der Waals surface area contributed by atoms with Gasteiger partial charge in [0.1, 0.15) is 18.2 Å². The minimum Gasteiger partial charge on any atom is -0.486 e. The van der Waals surface area contributed by atoms with Crippen LogP contribution in [0.5, 0.6) is 11.5 Å². The van der Waals surface area contributed by atoms with Crippen molar-refractivity contribution in [3.63, 3.8) is 0 Å². The smallest absolute Gasteiger partial charge is 0.162 e. The van der Waals surface area contributed by atoms with E-state index in [2.05, 4.69) is 5.10 Å². The van der Waals surface area contributed by atoms with Gasteiger partial charge in [-0.25, -0.2) is 0 Å². The molecule has 0 amide bonds. The van der Waals surface area contributed by atoms with Crippen molar-refractivity contribution in [3.05, 3.63) is 24.4 Å². The molecule has 2 aromatic rings. The molecule has 0 fully saturated rings. The van der Waals surface area contributed by atoms with Gasteiger partial charge >= 0.3 is 0 Å². The lowest BCUT2D eigenvalue weighted by Crippen LogP contribution is -2.15. The summed E-state index contributed by atoms with van der Waals surface area (Å²) in [7, 11) is 1.85. The SMILES string of the molecule is Cn1cc(N)c(Sc2ccc3c(c2)OCCO3)n1. The molecule has 0 bridgehead atoms. The van der Waals surface area contributed by atoms with Crippen molar-refractivity contribution < 1.29 is 9.47 Å². The van der Waals surface area contributed by atoms with E-state index in [1.807, 2.05) is 25.2 Å². The van der Waals surface area contributed by atoms with Crippen molar-refractivity contribution in [2.24, 2.45) is 7.05 Å². The zero-order valence-electron chi connectivity index (χ0n) is 9.92. The van der Waals surface area contributed by atoms with E-state index >= 15 is 0 Å². The minimum atomic E-state index is 0.590. The number of hydrogen-bond acceptors (Lipinski definition) is 5. The van der Waals surface area contributed by atoms with Crippen molar-refractivity contribution in [1.82, 2.24) is 9.78 Å². The first-order valence-corrected chi connectivity index (χ1v) is 6.40. The van der Waals surface area contributed by atoms with Gasteiger partial charge in [-0.1, -0.05) is 11.8 Å². The highest BCUT2D eigenvalue weighted by molar-refractivity contribution is 7.99. The number of nitrogens with two attached hydrogens (primary N) is 1. The van der Waals surface area contributed by atoms with Crippen LogP contribution in [0.4, 0.5) is 5.69 Å². The highest BCUT2D eigenvalue weighted by Crippen LogP contribution is 2.37. The quantitative estimate of drug-likeness (QED) is 0.897. The van der Waals surface area contributed by atoms with Gasteiger partial charge in [0.2, 0.25) is 0 Å². The van der Waals surface area contributed by atoms with Gasteiger partial charge in [0, 0.05) is 18.1 Å². The number of rotatable bonds is 2. The average molecular weight is 263 g/mol. The first-order chi connectivity index (χ1) is 8.72. The van der Waals surface area contributed by atoms with Crippen LogP contribution in [0.3, 0.4) is 0 Å². The second kappa shape index (κ2) is 4.45. The molecule has 1 aromatic heterocycles. The first kappa shape index (κ1) is 11.3. The van der Waals surface area contributed by atoms with Gasteiger partial charge in [0.15, 0.2) is 11.5 Å². The highest BCUT2D eigenvalue weighted by Gasteiger charge is 2.13. The third-order valence-corrected chi connectivity index (χ3v) is 3.55. The van der Waals surface area contributed by atoms with Crippen LogP contribution in [-0.4, -0.2) is 23.0 Å². The number of nitrogen functional groups attached to an aromatic ring is 1. The Morgan fingerprint density at radius 2 is 2.06 bits per heavy atom. The Kier molecular flexibility index (Phi) is 2.79. The molecule has 1 aromatic carbocycles. The van der Waals surface area contributed by atoms with Crippen LogP contribution in [0.1, 0.15) is 0 Å². The highest BCUT2D eigenvalue weighted by atomic mass is 32.2. The summed E-state index contributed by atoms with van der Waals surface area (Å²) in [4.78, 5) is 1.03. The van der Waals surface area contributed by atoms with Gasteiger partial charge < -0.3 is 15.2 Å². The summed E-state index contributed by atoms with van der Waals surface area (Å²) in [5, 5.41) is 5.10. The molecule has 0 spiro atoms. The van der Waals surface area contributed by atoms with Crippen LogP contribution < -0.4 is 15.2 Å². The number of ether oxygens (including phenoxy) is 2. The fourth-order valence-electron chi connectivity index (χ4n) is 1.76. The largest absolute Gasteiger partial charge is 0.486 e. The number of hydrogen-bond donors (Lipinski definition) is 1. The first-order valence-electron chi connectivity index (χ1n) is 5.59. The normalized spacial score (nSPS) is 13.6. The van der Waals surface area contributed by atoms with Crippen molar-refractivity contribution in [2.75, 3.05) is 18.9 Å². The summed E-state index contributed by atoms with van der Waals surface area (Å²) in [5.41, 5.74) is 6.55. The van der Waals surface area contributed by atoms with Gasteiger partial charge in [0.05, 0.1) is 5.69 Å². The monoisotopic (exact) mass is 263 g/mol. The molecule has 0 saturated carbocycles. The maximum absolute atomic E-state index is 5.87. The Morgan fingerprint density at radius 1 is 1.28 bits per heavy atom. The number of aryl methyl sites for hydroxylation is 1. The summed E-state index contributed by atoms with van der Waals surface area (Å²) in [6, 6.07) is 5.84. The molecule has 2 heterocycles. The third-order valence-electron chi connectivity index (χ3n) is 2.55. The summed E-state index contributed by atoms with van der Waals surface area (Å²) in [6.45, 7) is 1.19. The Balaban J connectivity index is 1.87. The van der Waals surface area contributed by atoms with Gasteiger partial charge in [-0.15, -0.1) is 0 Å². The number of anilines is 1. The van der Waals surface area contributed by atoms with E-state index in [-0.39, 0.29) is 0 Å². The van der Waals surface area contributed by atoms with Crippen molar-refractivity contribution in [1.29, 1.82) is 0 Å². The molecular weight excluding hydrogens is 250 g/mol. The number of aromatic nitrogens is 2. The van der Waals surface area contributed by atoms with Crippen molar-refractivity contribution >= 4 is 17.4 Å². The van der Waals surface area contributed by atoms with Gasteiger partial charge in [0.25, 0.3) is 0 Å². The second-order valence-corrected chi connectivity index (χ2v) is 5.03. The predicted molar refractivity (Wildman–Crippen MR) is 69.2 cm³/mol. The maximum atomic E-state index is 5.87. The fourth-order valence-corrected chi connectivity index (χ4v) is 2.63. The van der Waals surface area contributed by atoms with Crippen molar-refractivity contribution in [3.8, 4) is 11.5 Å². The molecule has 3 rings (SSSR count). The van der Waals surface area contributed by atoms with E-state index in [1.165, 1.54) is 11.8 Å². The average Bonchev–Trinajstić information content (AvgIpc) is 2.68. The Hall–Kier alpha value is -1.82. The molecule has 1 aliphatic heterocycles. The number of nitrogens with zero attached hydrogens (tertiary/aromatic N) is 2. The van der Waals surface area contributed by atoms with Crippen LogP contribution in [0.15, 0.2) is 34.3 Å². The Labute approximate surface area is 109 Å². The summed E-state index contributed by atoms with van der Waals surface area (Å²) < 4.78 is 12.7. The second-order valence-electron chi connectivity index (χ2n) is 3.97. The zero-order chi connectivity index (χ0) is 12.5. The number of fused-ring (bicyclic) bond motifs is 1. The van der Waals surface area contributed by atoms with E-state index in [0.717, 1.165) is 21.4 Å². The lowest BCUT2D eigenvalue weighted by molar-refractivity contribution is 0.171. The molecule has 0 aliphatic carbocycles.